The van der Waals surface area contributed by atoms with Crippen LogP contribution in [0.2, 0.25) is 0 Å². The van der Waals surface area contributed by atoms with Crippen LogP contribution in [0.5, 0.6) is 0 Å². The Morgan fingerprint density at radius 1 is 1.25 bits per heavy atom. The van der Waals surface area contributed by atoms with Crippen LogP contribution < -0.4 is 5.32 Å². The summed E-state index contributed by atoms with van der Waals surface area (Å²) in [6.07, 6.45) is 6.49. The lowest BCUT2D eigenvalue weighted by atomic mass is 10.0. The minimum Gasteiger partial charge on any atom is -0.378 e. The minimum absolute atomic E-state index is 0.0405. The molecule has 2 amide bonds. The number of amides is 2. The van der Waals surface area contributed by atoms with E-state index in [1.54, 1.807) is 4.90 Å². The number of carbonyl (C=O) groups is 1. The van der Waals surface area contributed by atoms with Gasteiger partial charge in [-0.3, -0.25) is 0 Å². The Morgan fingerprint density at radius 3 is 2.62 bits per heavy atom. The van der Waals surface area contributed by atoms with Crippen LogP contribution in [0.15, 0.2) is 0 Å². The lowest BCUT2D eigenvalue weighted by Gasteiger charge is -2.26. The quantitative estimate of drug-likeness (QED) is 0.732. The third-order valence-electron chi connectivity index (χ3n) is 3.54. The highest BCUT2D eigenvalue weighted by Crippen LogP contribution is 2.26. The summed E-state index contributed by atoms with van der Waals surface area (Å²) >= 11 is 0. The maximum atomic E-state index is 11.7. The molecule has 1 saturated heterocycles. The molecule has 2 aliphatic rings. The van der Waals surface area contributed by atoms with Gasteiger partial charge in [-0.2, -0.15) is 0 Å². The Hall–Kier alpha value is -0.770. The zero-order valence-electron chi connectivity index (χ0n) is 9.86. The molecule has 0 aromatic heterocycles. The molecular formula is C12H21N2O2. The molecule has 1 saturated carbocycles. The molecule has 0 bridgehead atoms. The normalized spacial score (nSPS) is 22.4. The van der Waals surface area contributed by atoms with Crippen molar-refractivity contribution in [3.8, 4) is 0 Å². The van der Waals surface area contributed by atoms with Crippen LogP contribution in [-0.2, 0) is 4.74 Å². The fourth-order valence-electron chi connectivity index (χ4n) is 2.50. The van der Waals surface area contributed by atoms with Crippen molar-refractivity contribution in [1.29, 1.82) is 0 Å². The minimum atomic E-state index is -0.0405. The molecule has 2 rings (SSSR count). The Morgan fingerprint density at radius 2 is 1.94 bits per heavy atom. The van der Waals surface area contributed by atoms with E-state index in [0.29, 0.717) is 32.8 Å². The molecule has 0 spiro atoms. The van der Waals surface area contributed by atoms with Gasteiger partial charge in [0.25, 0.3) is 0 Å². The van der Waals surface area contributed by atoms with Crippen LogP contribution in [0.4, 0.5) is 4.79 Å². The van der Waals surface area contributed by atoms with E-state index in [-0.39, 0.29) is 6.03 Å². The summed E-state index contributed by atoms with van der Waals surface area (Å²) in [7, 11) is 0. The van der Waals surface area contributed by atoms with Crippen molar-refractivity contribution in [2.24, 2.45) is 5.92 Å². The van der Waals surface area contributed by atoms with Crippen molar-refractivity contribution in [2.75, 3.05) is 32.8 Å². The fraction of sp³-hybridized carbons (Fsp3) is 0.917. The lowest BCUT2D eigenvalue weighted by Crippen LogP contribution is -2.43. The first kappa shape index (κ1) is 11.7. The fourth-order valence-corrected chi connectivity index (χ4v) is 2.50. The Balaban J connectivity index is 1.59. The number of urea groups is 1. The summed E-state index contributed by atoms with van der Waals surface area (Å²) in [4.78, 5) is 13.5. The number of carbonyl (C=O) groups excluding carboxylic acids is 1. The number of hydrogen-bond acceptors (Lipinski definition) is 2. The number of nitrogens with zero attached hydrogens (tertiary/aromatic N) is 2. The molecule has 1 aliphatic carbocycles. The second kappa shape index (κ2) is 6.09. The van der Waals surface area contributed by atoms with E-state index < -0.39 is 0 Å². The molecule has 1 radical (unpaired) electrons. The summed E-state index contributed by atoms with van der Waals surface area (Å²) in [6.45, 7) is 3.42. The van der Waals surface area contributed by atoms with Gasteiger partial charge in [0, 0.05) is 19.6 Å². The van der Waals surface area contributed by atoms with E-state index in [9.17, 15) is 4.79 Å². The van der Waals surface area contributed by atoms with E-state index in [2.05, 4.69) is 5.32 Å². The third kappa shape index (κ3) is 3.37. The van der Waals surface area contributed by atoms with E-state index >= 15 is 0 Å². The Bertz CT molecular complexity index is 221. The molecule has 0 N–H and O–H groups in total. The van der Waals surface area contributed by atoms with Gasteiger partial charge in [-0.1, -0.05) is 25.7 Å². The van der Waals surface area contributed by atoms with E-state index in [1.165, 1.54) is 25.7 Å². The summed E-state index contributed by atoms with van der Waals surface area (Å²) < 4.78 is 5.20. The van der Waals surface area contributed by atoms with E-state index in [1.807, 2.05) is 0 Å². The van der Waals surface area contributed by atoms with Crippen molar-refractivity contribution in [3.63, 3.8) is 0 Å². The maximum Gasteiger partial charge on any atom is 0.339 e. The van der Waals surface area contributed by atoms with E-state index in [0.717, 1.165) is 12.3 Å². The maximum absolute atomic E-state index is 11.7. The van der Waals surface area contributed by atoms with Crippen molar-refractivity contribution in [2.45, 2.75) is 32.1 Å². The van der Waals surface area contributed by atoms with Crippen LogP contribution in [0.25, 0.3) is 0 Å². The van der Waals surface area contributed by atoms with Gasteiger partial charge in [0.1, 0.15) is 0 Å². The number of rotatable bonds is 3. The van der Waals surface area contributed by atoms with Gasteiger partial charge >= 0.3 is 6.03 Å². The lowest BCUT2D eigenvalue weighted by molar-refractivity contribution is 0.0529. The molecule has 0 unspecified atom stereocenters. The van der Waals surface area contributed by atoms with Crippen molar-refractivity contribution in [3.05, 3.63) is 0 Å². The van der Waals surface area contributed by atoms with Gasteiger partial charge in [-0.15, -0.1) is 0 Å². The van der Waals surface area contributed by atoms with Crippen molar-refractivity contribution < 1.29 is 9.53 Å². The Kier molecular flexibility index (Phi) is 4.45. The summed E-state index contributed by atoms with van der Waals surface area (Å²) in [5.74, 6) is 0.821. The Labute approximate surface area is 97.3 Å². The van der Waals surface area contributed by atoms with Gasteiger partial charge in [0.2, 0.25) is 0 Å². The molecule has 0 atom stereocenters. The number of hydrogen-bond donors (Lipinski definition) is 0. The highest BCUT2D eigenvalue weighted by atomic mass is 16.5. The van der Waals surface area contributed by atoms with Gasteiger partial charge in [0.05, 0.1) is 13.2 Å². The highest BCUT2D eigenvalue weighted by molar-refractivity contribution is 5.73. The largest absolute Gasteiger partial charge is 0.378 e. The second-order valence-corrected chi connectivity index (χ2v) is 4.70. The van der Waals surface area contributed by atoms with Crippen LogP contribution >= 0.6 is 0 Å². The molecule has 0 aromatic rings. The molecule has 1 heterocycles. The van der Waals surface area contributed by atoms with Crippen molar-refractivity contribution >= 4 is 6.03 Å². The summed E-state index contributed by atoms with van der Waals surface area (Å²) in [5, 5.41) is 4.14. The van der Waals surface area contributed by atoms with Gasteiger partial charge in [-0.25, -0.2) is 10.1 Å². The molecule has 4 heteroatoms. The predicted octanol–water partition coefficient (Wildman–Crippen LogP) is 1.62. The smallest absolute Gasteiger partial charge is 0.339 e. The zero-order chi connectivity index (χ0) is 11.2. The molecule has 2 fully saturated rings. The first-order valence-corrected chi connectivity index (χ1v) is 6.40. The predicted molar refractivity (Wildman–Crippen MR) is 61.4 cm³/mol. The average Bonchev–Trinajstić information content (AvgIpc) is 2.83. The standard InChI is InChI=1S/C12H21N2O2/c15-12(14-7-9-16-10-8-14)13-6-5-11-3-1-2-4-11/h11H,1-10H2. The van der Waals surface area contributed by atoms with Crippen molar-refractivity contribution in [1.82, 2.24) is 10.2 Å². The summed E-state index contributed by atoms with van der Waals surface area (Å²) in [6, 6.07) is -0.0405. The second-order valence-electron chi connectivity index (χ2n) is 4.70. The molecule has 1 aliphatic heterocycles. The molecule has 16 heavy (non-hydrogen) atoms. The molecule has 4 nitrogen and oxygen atoms in total. The molecule has 0 aromatic carbocycles. The van der Waals surface area contributed by atoms with Gasteiger partial charge < -0.3 is 9.64 Å². The average molecular weight is 225 g/mol. The van der Waals surface area contributed by atoms with E-state index in [4.69, 9.17) is 4.74 Å². The molecular weight excluding hydrogens is 204 g/mol. The number of morpholine rings is 1. The van der Waals surface area contributed by atoms with Crippen LogP contribution in [0, 0.1) is 5.92 Å². The van der Waals surface area contributed by atoms with Crippen LogP contribution in [0.3, 0.4) is 0 Å². The first-order valence-electron chi connectivity index (χ1n) is 6.40. The topological polar surface area (TPSA) is 43.6 Å². The van der Waals surface area contributed by atoms with Crippen LogP contribution in [-0.4, -0.2) is 43.8 Å². The third-order valence-corrected chi connectivity index (χ3v) is 3.54. The number of ether oxygens (including phenoxy) is 1. The molecule has 91 valence electrons. The first-order chi connectivity index (χ1) is 7.86. The summed E-state index contributed by atoms with van der Waals surface area (Å²) in [5.41, 5.74) is 0. The van der Waals surface area contributed by atoms with Gasteiger partial charge in [0.15, 0.2) is 0 Å². The zero-order valence-corrected chi connectivity index (χ0v) is 9.86. The van der Waals surface area contributed by atoms with Gasteiger partial charge in [-0.05, 0) is 12.3 Å². The van der Waals surface area contributed by atoms with Crippen LogP contribution in [0.1, 0.15) is 32.1 Å². The highest BCUT2D eigenvalue weighted by Gasteiger charge is 2.19. The SMILES string of the molecule is O=C([N]CCC1CCCC1)N1CCOCC1. The monoisotopic (exact) mass is 225 g/mol.